The summed E-state index contributed by atoms with van der Waals surface area (Å²) in [5.41, 5.74) is 3.18. The Morgan fingerprint density at radius 3 is 2.80 bits per heavy atom. The third-order valence-electron chi connectivity index (χ3n) is 5.04. The molecule has 1 N–H and O–H groups in total. The summed E-state index contributed by atoms with van der Waals surface area (Å²) < 4.78 is 1.27. The smallest absolute Gasteiger partial charge is 0.0338 e. The van der Waals surface area contributed by atoms with Crippen LogP contribution in [0, 0.1) is 6.92 Å². The van der Waals surface area contributed by atoms with Crippen molar-refractivity contribution in [3.8, 4) is 0 Å². The molecule has 1 saturated carbocycles. The highest BCUT2D eigenvalue weighted by Crippen LogP contribution is 2.36. The minimum absolute atomic E-state index is 0.417. The van der Waals surface area contributed by atoms with Gasteiger partial charge in [-0.15, -0.1) is 0 Å². The first-order chi connectivity index (χ1) is 9.70. The zero-order valence-corrected chi connectivity index (χ0v) is 14.0. The maximum absolute atomic E-state index is 3.74. The van der Waals surface area contributed by atoms with E-state index < -0.39 is 0 Å². The second-order valence-corrected chi connectivity index (χ2v) is 7.33. The maximum Gasteiger partial charge on any atom is 0.0338 e. The van der Waals surface area contributed by atoms with Gasteiger partial charge in [0.25, 0.3) is 0 Å². The van der Waals surface area contributed by atoms with E-state index in [0.717, 1.165) is 13.1 Å². The van der Waals surface area contributed by atoms with Crippen molar-refractivity contribution < 1.29 is 0 Å². The standard InChI is InChI=1S/C17H25BrN2/c1-14-5-6-15(16(18)11-14)12-20-10-9-19-13-17(20)7-3-2-4-8-17/h5-6,11,19H,2-4,7-10,12-13H2,1H3. The lowest BCUT2D eigenvalue weighted by molar-refractivity contribution is 0.0207. The molecule has 2 aliphatic rings. The largest absolute Gasteiger partial charge is 0.314 e. The van der Waals surface area contributed by atoms with E-state index in [1.54, 1.807) is 0 Å². The predicted molar refractivity (Wildman–Crippen MR) is 88.0 cm³/mol. The lowest BCUT2D eigenvalue weighted by atomic mass is 9.79. The second-order valence-electron chi connectivity index (χ2n) is 6.48. The van der Waals surface area contributed by atoms with Gasteiger partial charge in [-0.25, -0.2) is 0 Å². The van der Waals surface area contributed by atoms with E-state index in [1.807, 2.05) is 0 Å². The van der Waals surface area contributed by atoms with Gasteiger partial charge >= 0.3 is 0 Å². The molecule has 1 spiro atoms. The number of hydrogen-bond acceptors (Lipinski definition) is 2. The van der Waals surface area contributed by atoms with E-state index >= 15 is 0 Å². The topological polar surface area (TPSA) is 15.3 Å². The number of benzene rings is 1. The monoisotopic (exact) mass is 336 g/mol. The molecule has 110 valence electrons. The van der Waals surface area contributed by atoms with Gasteiger partial charge in [0, 0.05) is 36.2 Å². The summed E-state index contributed by atoms with van der Waals surface area (Å²) in [4.78, 5) is 2.75. The fourth-order valence-corrected chi connectivity index (χ4v) is 4.44. The summed E-state index contributed by atoms with van der Waals surface area (Å²) in [7, 11) is 0. The fraction of sp³-hybridized carbons (Fsp3) is 0.647. The van der Waals surface area contributed by atoms with Crippen LogP contribution in [0.2, 0.25) is 0 Å². The van der Waals surface area contributed by atoms with Crippen LogP contribution in [-0.4, -0.2) is 30.1 Å². The number of piperazine rings is 1. The van der Waals surface area contributed by atoms with Crippen molar-refractivity contribution in [2.24, 2.45) is 0 Å². The summed E-state index contributed by atoms with van der Waals surface area (Å²) in [6, 6.07) is 6.76. The molecule has 0 aromatic heterocycles. The van der Waals surface area contributed by atoms with Crippen molar-refractivity contribution in [1.82, 2.24) is 10.2 Å². The Kier molecular flexibility index (Phi) is 4.49. The van der Waals surface area contributed by atoms with Crippen LogP contribution in [0.5, 0.6) is 0 Å². The van der Waals surface area contributed by atoms with Gasteiger partial charge in [0.1, 0.15) is 0 Å². The molecule has 1 heterocycles. The molecule has 0 bridgehead atoms. The molecule has 3 rings (SSSR count). The first kappa shape index (κ1) is 14.6. The summed E-state index contributed by atoms with van der Waals surface area (Å²) in [5.74, 6) is 0. The van der Waals surface area contributed by atoms with Crippen LogP contribution < -0.4 is 5.32 Å². The highest BCUT2D eigenvalue weighted by molar-refractivity contribution is 9.10. The van der Waals surface area contributed by atoms with Gasteiger partial charge in [0.05, 0.1) is 0 Å². The Morgan fingerprint density at radius 1 is 1.25 bits per heavy atom. The van der Waals surface area contributed by atoms with Crippen molar-refractivity contribution in [2.45, 2.75) is 51.1 Å². The zero-order valence-electron chi connectivity index (χ0n) is 12.4. The molecule has 1 aromatic rings. The maximum atomic E-state index is 3.74. The van der Waals surface area contributed by atoms with E-state index in [0.29, 0.717) is 5.54 Å². The van der Waals surface area contributed by atoms with Crippen molar-refractivity contribution in [3.05, 3.63) is 33.8 Å². The SMILES string of the molecule is Cc1ccc(CN2CCNCC23CCCCC3)c(Br)c1. The first-order valence-corrected chi connectivity index (χ1v) is 8.70. The lowest BCUT2D eigenvalue weighted by Gasteiger charge is -2.50. The van der Waals surface area contributed by atoms with Crippen molar-refractivity contribution >= 4 is 15.9 Å². The van der Waals surface area contributed by atoms with E-state index in [4.69, 9.17) is 0 Å². The molecule has 0 amide bonds. The predicted octanol–water partition coefficient (Wildman–Crippen LogP) is 3.87. The molecule has 2 nitrogen and oxygen atoms in total. The molecular weight excluding hydrogens is 312 g/mol. The number of nitrogens with zero attached hydrogens (tertiary/aromatic N) is 1. The van der Waals surface area contributed by atoms with Gasteiger partial charge in [-0.1, -0.05) is 47.3 Å². The number of hydrogen-bond donors (Lipinski definition) is 1. The average molecular weight is 337 g/mol. The number of aryl methyl sites for hydroxylation is 1. The van der Waals surface area contributed by atoms with Crippen LogP contribution in [0.4, 0.5) is 0 Å². The second kappa shape index (κ2) is 6.17. The fourth-order valence-electron chi connectivity index (χ4n) is 3.82. The first-order valence-electron chi connectivity index (χ1n) is 7.90. The zero-order chi connectivity index (χ0) is 14.0. The van der Waals surface area contributed by atoms with Gasteiger partial charge < -0.3 is 5.32 Å². The molecule has 0 radical (unpaired) electrons. The van der Waals surface area contributed by atoms with Gasteiger partial charge in [-0.2, -0.15) is 0 Å². The van der Waals surface area contributed by atoms with E-state index in [2.05, 4.69) is 51.3 Å². The van der Waals surface area contributed by atoms with Crippen molar-refractivity contribution in [2.75, 3.05) is 19.6 Å². The van der Waals surface area contributed by atoms with E-state index in [-0.39, 0.29) is 0 Å². The van der Waals surface area contributed by atoms with Crippen LogP contribution in [0.1, 0.15) is 43.2 Å². The molecule has 1 aliphatic carbocycles. The Morgan fingerprint density at radius 2 is 2.05 bits per heavy atom. The third-order valence-corrected chi connectivity index (χ3v) is 5.78. The van der Waals surface area contributed by atoms with Crippen LogP contribution in [0.25, 0.3) is 0 Å². The minimum Gasteiger partial charge on any atom is -0.314 e. The average Bonchev–Trinajstić information content (AvgIpc) is 2.45. The number of halogens is 1. The van der Waals surface area contributed by atoms with Crippen LogP contribution in [0.3, 0.4) is 0 Å². The Labute approximate surface area is 131 Å². The van der Waals surface area contributed by atoms with Gasteiger partial charge in [0.2, 0.25) is 0 Å². The van der Waals surface area contributed by atoms with Crippen LogP contribution in [-0.2, 0) is 6.54 Å². The summed E-state index contributed by atoms with van der Waals surface area (Å²) in [5, 5.41) is 3.63. The Balaban J connectivity index is 1.79. The normalized spacial score (nSPS) is 23.1. The lowest BCUT2D eigenvalue weighted by Crippen LogP contribution is -2.61. The van der Waals surface area contributed by atoms with Gasteiger partial charge in [-0.3, -0.25) is 4.90 Å². The molecule has 2 fully saturated rings. The van der Waals surface area contributed by atoms with Crippen molar-refractivity contribution in [3.63, 3.8) is 0 Å². The molecule has 1 saturated heterocycles. The third kappa shape index (κ3) is 2.95. The quantitative estimate of drug-likeness (QED) is 0.881. The Hall–Kier alpha value is -0.380. The van der Waals surface area contributed by atoms with Crippen LogP contribution >= 0.6 is 15.9 Å². The highest BCUT2D eigenvalue weighted by atomic mass is 79.9. The molecule has 20 heavy (non-hydrogen) atoms. The molecule has 0 unspecified atom stereocenters. The van der Waals surface area contributed by atoms with Gasteiger partial charge in [0.15, 0.2) is 0 Å². The van der Waals surface area contributed by atoms with Gasteiger partial charge in [-0.05, 0) is 37.0 Å². The number of rotatable bonds is 2. The van der Waals surface area contributed by atoms with E-state index in [9.17, 15) is 0 Å². The molecule has 1 aromatic carbocycles. The molecule has 3 heteroatoms. The van der Waals surface area contributed by atoms with Crippen molar-refractivity contribution in [1.29, 1.82) is 0 Å². The van der Waals surface area contributed by atoms with E-state index in [1.165, 1.54) is 60.8 Å². The minimum atomic E-state index is 0.417. The molecule has 0 atom stereocenters. The number of nitrogens with one attached hydrogen (secondary N) is 1. The Bertz CT molecular complexity index is 458. The summed E-state index contributed by atoms with van der Waals surface area (Å²) in [6.07, 6.45) is 6.94. The van der Waals surface area contributed by atoms with Crippen LogP contribution in [0.15, 0.2) is 22.7 Å². The molecular formula is C17H25BrN2. The summed E-state index contributed by atoms with van der Waals surface area (Å²) in [6.45, 7) is 6.73. The highest BCUT2D eigenvalue weighted by Gasteiger charge is 2.39. The summed E-state index contributed by atoms with van der Waals surface area (Å²) >= 11 is 3.74. The molecule has 1 aliphatic heterocycles.